The Labute approximate surface area is 179 Å². The molecule has 0 aliphatic heterocycles. The van der Waals surface area contributed by atoms with Crippen LogP contribution in [-0.4, -0.2) is 26.7 Å². The molecule has 12 heteroatoms. The van der Waals surface area contributed by atoms with Gasteiger partial charge in [0.2, 0.25) is 11.6 Å². The summed E-state index contributed by atoms with van der Waals surface area (Å²) in [6.07, 6.45) is 2.34. The quantitative estimate of drug-likeness (QED) is 0.253. The van der Waals surface area contributed by atoms with E-state index in [1.807, 2.05) is 18.2 Å². The summed E-state index contributed by atoms with van der Waals surface area (Å²) in [5.74, 6) is -1.77. The van der Waals surface area contributed by atoms with Crippen molar-refractivity contribution in [1.29, 1.82) is 0 Å². The van der Waals surface area contributed by atoms with E-state index in [9.17, 15) is 19.7 Å². The number of amides is 2. The van der Waals surface area contributed by atoms with Crippen LogP contribution in [0.15, 0.2) is 71.6 Å². The lowest BCUT2D eigenvalue weighted by Gasteiger charge is -2.12. The summed E-state index contributed by atoms with van der Waals surface area (Å²) >= 11 is 0. The second kappa shape index (κ2) is 8.79. The maximum absolute atomic E-state index is 12.7. The van der Waals surface area contributed by atoms with E-state index in [1.165, 1.54) is 18.4 Å². The summed E-state index contributed by atoms with van der Waals surface area (Å²) in [5, 5.41) is 13.2. The molecular formula is C20H15N7O5. The summed E-state index contributed by atoms with van der Waals surface area (Å²) < 4.78 is 4.94. The molecule has 2 amide bonds. The van der Waals surface area contributed by atoms with Gasteiger partial charge in [0.05, 0.1) is 11.2 Å². The van der Waals surface area contributed by atoms with E-state index in [-0.39, 0.29) is 17.4 Å². The second-order valence-electron chi connectivity index (χ2n) is 6.34. The third-order valence-corrected chi connectivity index (χ3v) is 4.37. The largest absolute Gasteiger partial charge is 0.459 e. The van der Waals surface area contributed by atoms with Crippen LogP contribution in [0.3, 0.4) is 0 Å². The lowest BCUT2D eigenvalue weighted by Crippen LogP contribution is -2.32. The Morgan fingerprint density at radius 2 is 1.56 bits per heavy atom. The average Bonchev–Trinajstić information content (AvgIpc) is 3.35. The molecule has 0 atom stereocenters. The summed E-state index contributed by atoms with van der Waals surface area (Å²) in [6, 6.07) is 15.5. The van der Waals surface area contributed by atoms with Gasteiger partial charge in [0.15, 0.2) is 5.76 Å². The first kappa shape index (κ1) is 20.3. The molecule has 2 aromatic carbocycles. The Hall–Kier alpha value is -5.00. The molecule has 2 aromatic heterocycles. The summed E-state index contributed by atoms with van der Waals surface area (Å²) in [4.78, 5) is 43.1. The van der Waals surface area contributed by atoms with Crippen LogP contribution in [0.5, 0.6) is 0 Å². The molecule has 4 N–H and O–H groups in total. The molecule has 4 rings (SSSR count). The molecule has 0 fully saturated rings. The Bertz CT molecular complexity index is 1300. The van der Waals surface area contributed by atoms with Gasteiger partial charge in [-0.3, -0.25) is 41.4 Å². The number of hydrazine groups is 2. The van der Waals surface area contributed by atoms with Crippen molar-refractivity contribution in [3.63, 3.8) is 0 Å². The van der Waals surface area contributed by atoms with Gasteiger partial charge in [-0.1, -0.05) is 36.4 Å². The molecule has 12 nitrogen and oxygen atoms in total. The normalized spacial score (nSPS) is 10.4. The van der Waals surface area contributed by atoms with Crippen molar-refractivity contribution < 1.29 is 18.9 Å². The van der Waals surface area contributed by atoms with E-state index in [4.69, 9.17) is 4.42 Å². The number of carbonyl (C=O) groups is 2. The number of benzene rings is 2. The van der Waals surface area contributed by atoms with Gasteiger partial charge in [0.25, 0.3) is 5.91 Å². The molecule has 0 spiro atoms. The van der Waals surface area contributed by atoms with Gasteiger partial charge < -0.3 is 4.42 Å². The van der Waals surface area contributed by atoms with Crippen molar-refractivity contribution in [3.8, 4) is 0 Å². The lowest BCUT2D eigenvalue weighted by molar-refractivity contribution is -0.383. The third-order valence-electron chi connectivity index (χ3n) is 4.37. The van der Waals surface area contributed by atoms with Gasteiger partial charge in [-0.05, 0) is 29.0 Å². The molecule has 4 aromatic rings. The van der Waals surface area contributed by atoms with Crippen molar-refractivity contribution >= 4 is 39.9 Å². The maximum atomic E-state index is 12.7. The second-order valence-corrected chi connectivity index (χ2v) is 6.34. The topological polar surface area (TPSA) is 164 Å². The lowest BCUT2D eigenvalue weighted by atomic mass is 10.0. The fourth-order valence-corrected chi connectivity index (χ4v) is 2.93. The fourth-order valence-electron chi connectivity index (χ4n) is 2.93. The van der Waals surface area contributed by atoms with Crippen LogP contribution in [0, 0.1) is 10.1 Å². The number of furan rings is 1. The molecule has 32 heavy (non-hydrogen) atoms. The van der Waals surface area contributed by atoms with Crippen LogP contribution < -0.4 is 21.7 Å². The molecule has 0 aliphatic carbocycles. The summed E-state index contributed by atoms with van der Waals surface area (Å²) in [7, 11) is 0. The average molecular weight is 433 g/mol. The van der Waals surface area contributed by atoms with Crippen molar-refractivity contribution in [2.45, 2.75) is 0 Å². The first-order valence-corrected chi connectivity index (χ1v) is 9.18. The van der Waals surface area contributed by atoms with Crippen molar-refractivity contribution in [2.75, 3.05) is 10.9 Å². The number of hydrogen-bond donors (Lipinski definition) is 4. The van der Waals surface area contributed by atoms with Gasteiger partial charge >= 0.3 is 11.6 Å². The highest BCUT2D eigenvalue weighted by molar-refractivity contribution is 6.07. The zero-order valence-electron chi connectivity index (χ0n) is 16.2. The number of anilines is 2. The molecule has 0 saturated carbocycles. The molecule has 0 unspecified atom stereocenters. The first-order valence-electron chi connectivity index (χ1n) is 9.18. The Kier molecular flexibility index (Phi) is 5.57. The molecule has 0 saturated heterocycles. The highest BCUT2D eigenvalue weighted by Gasteiger charge is 2.24. The fraction of sp³-hybridized carbons (Fsp3) is 0. The maximum Gasteiger partial charge on any atom is 0.356 e. The van der Waals surface area contributed by atoms with Crippen LogP contribution in [0.2, 0.25) is 0 Å². The Balaban J connectivity index is 1.52. The minimum absolute atomic E-state index is 0.00471. The number of nitrogens with zero attached hydrogens (tertiary/aromatic N) is 3. The van der Waals surface area contributed by atoms with E-state index in [2.05, 4.69) is 31.7 Å². The highest BCUT2D eigenvalue weighted by atomic mass is 16.6. The van der Waals surface area contributed by atoms with Crippen molar-refractivity contribution in [1.82, 2.24) is 20.8 Å². The summed E-state index contributed by atoms with van der Waals surface area (Å²) in [6.45, 7) is 0. The zero-order chi connectivity index (χ0) is 22.5. The van der Waals surface area contributed by atoms with Gasteiger partial charge in [0, 0.05) is 5.56 Å². The highest BCUT2D eigenvalue weighted by Crippen LogP contribution is 2.28. The standard InChI is InChI=1S/C20H15N7O5/c28-19(14-8-3-6-12-5-1-2-7-13(12)14)25-23-17-16(27(30)31)18(22-11-21-17)24-26-20(29)15-9-4-10-32-15/h1-11H,(H,25,28)(H,26,29)(H2,21,22,23,24). The van der Waals surface area contributed by atoms with Crippen LogP contribution in [0.1, 0.15) is 20.9 Å². The van der Waals surface area contributed by atoms with Crippen LogP contribution in [0.25, 0.3) is 10.8 Å². The van der Waals surface area contributed by atoms with Crippen LogP contribution in [0.4, 0.5) is 17.3 Å². The van der Waals surface area contributed by atoms with E-state index in [0.29, 0.717) is 5.56 Å². The van der Waals surface area contributed by atoms with Gasteiger partial charge in [-0.2, -0.15) is 0 Å². The number of hydrogen-bond acceptors (Lipinski definition) is 9. The smallest absolute Gasteiger partial charge is 0.356 e. The molecule has 2 heterocycles. The SMILES string of the molecule is O=C(NNc1ncnc(NNC(=O)c2cccc3ccccc23)c1[N+](=O)[O-])c1ccco1. The van der Waals surface area contributed by atoms with E-state index >= 15 is 0 Å². The summed E-state index contributed by atoms with van der Waals surface area (Å²) in [5.41, 5.74) is 9.24. The minimum atomic E-state index is -0.756. The molecular weight excluding hydrogens is 418 g/mol. The van der Waals surface area contributed by atoms with Crippen molar-refractivity contribution in [3.05, 3.63) is 88.6 Å². The molecule has 0 aliphatic rings. The predicted molar refractivity (Wildman–Crippen MR) is 114 cm³/mol. The molecule has 0 radical (unpaired) electrons. The molecule has 160 valence electrons. The van der Waals surface area contributed by atoms with E-state index < -0.39 is 22.4 Å². The Morgan fingerprint density at radius 3 is 2.25 bits per heavy atom. The van der Waals surface area contributed by atoms with Gasteiger partial charge in [0.1, 0.15) is 6.33 Å². The van der Waals surface area contributed by atoms with Crippen molar-refractivity contribution in [2.24, 2.45) is 0 Å². The van der Waals surface area contributed by atoms with Gasteiger partial charge in [-0.15, -0.1) is 0 Å². The number of nitrogens with one attached hydrogen (secondary N) is 4. The third kappa shape index (κ3) is 4.14. The zero-order valence-corrected chi connectivity index (χ0v) is 16.2. The minimum Gasteiger partial charge on any atom is -0.459 e. The van der Waals surface area contributed by atoms with E-state index in [0.717, 1.165) is 17.1 Å². The van der Waals surface area contributed by atoms with Crippen LogP contribution in [-0.2, 0) is 0 Å². The van der Waals surface area contributed by atoms with E-state index in [1.54, 1.807) is 24.3 Å². The monoisotopic (exact) mass is 433 g/mol. The Morgan fingerprint density at radius 1 is 0.875 bits per heavy atom. The number of aromatic nitrogens is 2. The van der Waals surface area contributed by atoms with Crippen LogP contribution >= 0.6 is 0 Å². The predicted octanol–water partition coefficient (Wildman–Crippen LogP) is 2.64. The number of nitro groups is 1. The number of fused-ring (bicyclic) bond motifs is 1. The number of carbonyl (C=O) groups excluding carboxylic acids is 2. The molecule has 0 bridgehead atoms. The van der Waals surface area contributed by atoms with Gasteiger partial charge in [-0.25, -0.2) is 9.97 Å². The number of rotatable bonds is 7. The first-order chi connectivity index (χ1) is 15.5.